The molecule has 1 heteroatoms. The first-order valence-corrected chi connectivity index (χ1v) is 13.5. The quantitative estimate of drug-likeness (QED) is 0.610. The fraction of sp³-hybridized carbons (Fsp3) is 1.00. The van der Waals surface area contributed by atoms with Crippen molar-refractivity contribution in [2.45, 2.75) is 67.9 Å². The zero-order valence-electron chi connectivity index (χ0n) is 9.33. The van der Waals surface area contributed by atoms with Crippen molar-refractivity contribution in [3.8, 4) is 0 Å². The monoisotopic (exact) mass is 242 g/mol. The minimum atomic E-state index is -2.60. The van der Waals surface area contributed by atoms with Gasteiger partial charge in [0.05, 0.1) is 0 Å². The third-order valence-electron chi connectivity index (χ3n) is 15.7. The van der Waals surface area contributed by atoms with Crippen molar-refractivity contribution in [3.05, 3.63) is 0 Å². The molecule has 0 nitrogen and oxygen atoms in total. The zero-order chi connectivity index (χ0) is 9.30. The maximum absolute atomic E-state index is 2.60. The van der Waals surface area contributed by atoms with Gasteiger partial charge < -0.3 is 0 Å². The van der Waals surface area contributed by atoms with Crippen LogP contribution in [-0.4, -0.2) is 0 Å². The topological polar surface area (TPSA) is 0 Å². The van der Waals surface area contributed by atoms with E-state index in [2.05, 4.69) is 13.8 Å². The first kappa shape index (κ1) is 5.44. The summed E-state index contributed by atoms with van der Waals surface area (Å²) in [5, 5.41) is 0. The van der Waals surface area contributed by atoms with Crippen LogP contribution in [-0.2, 0) is 6.51 Å². The van der Waals surface area contributed by atoms with Gasteiger partial charge in [0.2, 0.25) is 0 Å². The van der Waals surface area contributed by atoms with E-state index in [1.165, 1.54) is 4.31 Å². The van der Waals surface area contributed by atoms with Gasteiger partial charge in [-0.1, -0.05) is 0 Å². The summed E-state index contributed by atoms with van der Waals surface area (Å²) in [4.78, 5) is 14.0. The summed E-state index contributed by atoms with van der Waals surface area (Å²) in [5.41, 5.74) is 0. The van der Waals surface area contributed by atoms with Gasteiger partial charge in [-0.3, -0.25) is 0 Å². The van der Waals surface area contributed by atoms with Crippen molar-refractivity contribution in [1.29, 1.82) is 0 Å². The van der Waals surface area contributed by atoms with E-state index >= 15 is 0 Å². The van der Waals surface area contributed by atoms with Crippen LogP contribution in [0.4, 0.5) is 0 Å². The Morgan fingerprint density at radius 3 is 1.53 bits per heavy atom. The van der Waals surface area contributed by atoms with Crippen LogP contribution in [0.5, 0.6) is 0 Å². The normalized spacial score (nSPS) is 134. The van der Waals surface area contributed by atoms with Crippen molar-refractivity contribution in [1.82, 2.24) is 0 Å². The molecule has 4 unspecified atom stereocenters. The molecule has 10 aliphatic rings. The molecule has 0 N–H and O–H groups in total. The average Bonchev–Trinajstić information content (AvgIpc) is 3.12. The molecular weight excluding hydrogens is 224 g/mol. The molecular formula is C14H18Fe. The Labute approximate surface area is 80.5 Å². The van der Waals surface area contributed by atoms with E-state index in [0.717, 1.165) is 5.92 Å². The summed E-state index contributed by atoms with van der Waals surface area (Å²) in [6.45, 7) is 2.44. The molecule has 15 heavy (non-hydrogen) atoms. The average molecular weight is 242 g/mol. The molecule has 1 spiro atoms. The van der Waals surface area contributed by atoms with E-state index in [1.54, 1.807) is 49.8 Å². The summed E-state index contributed by atoms with van der Waals surface area (Å²) in [6, 6.07) is 0. The standard InChI is InChI=1S/C9H13.C5H5.Fe/c1-8(2)7-9-5-3-4-6-9;1-2-4-5-3-1;/h3-6,8H,7H2,1-2H3;1-5H;. The van der Waals surface area contributed by atoms with Crippen LogP contribution < -0.4 is 0 Å². The predicted molar refractivity (Wildman–Crippen MR) is 55.9 cm³/mol. The van der Waals surface area contributed by atoms with Gasteiger partial charge in [0.25, 0.3) is 0 Å². The Balaban J connectivity index is 1.70. The molecule has 10 fully saturated rings. The van der Waals surface area contributed by atoms with Crippen LogP contribution in [0.15, 0.2) is 0 Å². The van der Waals surface area contributed by atoms with Gasteiger partial charge >= 0.3 is 80.4 Å². The molecule has 0 aromatic heterocycles. The molecule has 0 saturated carbocycles. The summed E-state index contributed by atoms with van der Waals surface area (Å²) >= 11 is 0. The van der Waals surface area contributed by atoms with Gasteiger partial charge in [-0.05, 0) is 0 Å². The third-order valence-corrected chi connectivity index (χ3v) is 58.7. The fourth-order valence-electron chi connectivity index (χ4n) is 17.8. The van der Waals surface area contributed by atoms with Crippen LogP contribution in [0.1, 0.15) is 20.3 Å². The summed E-state index contributed by atoms with van der Waals surface area (Å²) in [7, 11) is 0. The van der Waals surface area contributed by atoms with Crippen LogP contribution in [0, 0.1) is 5.92 Å². The van der Waals surface area contributed by atoms with Crippen molar-refractivity contribution in [2.75, 3.05) is 0 Å². The molecule has 0 aromatic carbocycles. The van der Waals surface area contributed by atoms with Gasteiger partial charge in [0.15, 0.2) is 0 Å². The van der Waals surface area contributed by atoms with Crippen molar-refractivity contribution >= 4 is 0 Å². The third kappa shape index (κ3) is 0.0477. The Morgan fingerprint density at radius 1 is 0.867 bits per heavy atom. The predicted octanol–water partition coefficient (Wildman–Crippen LogP) is 4.79. The SMILES string of the molecule is CC(C)C[C]12[CH]3[CH]4[CH]5[CH]1[Fe]45321678[CH]2[CH]1[CH]6[CH]7[CH]28. The number of hydrogen-bond donors (Lipinski definition) is 0. The van der Waals surface area contributed by atoms with Crippen molar-refractivity contribution in [3.63, 3.8) is 0 Å². The molecule has 0 aliphatic carbocycles. The molecule has 0 bridgehead atoms. The Bertz CT molecular complexity index is 810. The van der Waals surface area contributed by atoms with Crippen LogP contribution in [0.2, 0.25) is 47.7 Å². The van der Waals surface area contributed by atoms with Crippen molar-refractivity contribution < 1.29 is 6.51 Å². The second kappa shape index (κ2) is 0.390. The molecule has 10 rings (SSSR count). The molecule has 10 saturated heterocycles. The zero-order valence-corrected chi connectivity index (χ0v) is 10.4. The molecule has 0 amide bonds. The fourth-order valence-corrected chi connectivity index (χ4v) is 93.1. The van der Waals surface area contributed by atoms with Crippen LogP contribution in [0.25, 0.3) is 0 Å². The summed E-state index contributed by atoms with van der Waals surface area (Å²) in [6.07, 6.45) is 1.74. The summed E-state index contributed by atoms with van der Waals surface area (Å²) in [5.74, 6) is 1.03. The van der Waals surface area contributed by atoms with Crippen molar-refractivity contribution in [2.24, 2.45) is 5.92 Å². The van der Waals surface area contributed by atoms with E-state index < -0.39 is 6.51 Å². The summed E-state index contributed by atoms with van der Waals surface area (Å²) < 4.78 is 1.22. The van der Waals surface area contributed by atoms with Gasteiger partial charge in [-0.25, -0.2) is 0 Å². The molecule has 4 atom stereocenters. The van der Waals surface area contributed by atoms with E-state index in [9.17, 15) is 0 Å². The van der Waals surface area contributed by atoms with Gasteiger partial charge in [0.1, 0.15) is 0 Å². The van der Waals surface area contributed by atoms with E-state index in [0.29, 0.717) is 0 Å². The van der Waals surface area contributed by atoms with Gasteiger partial charge in [-0.15, -0.1) is 0 Å². The van der Waals surface area contributed by atoms with E-state index in [4.69, 9.17) is 0 Å². The first-order chi connectivity index (χ1) is 6.96. The van der Waals surface area contributed by atoms with E-state index in [-0.39, 0.29) is 0 Å². The molecule has 82 valence electrons. The molecule has 10 heterocycles. The minimum absolute atomic E-state index is 1.03. The van der Waals surface area contributed by atoms with Crippen LogP contribution >= 0.6 is 0 Å². The molecule has 0 radical (unpaired) electrons. The Kier molecular flexibility index (Phi) is 0.141. The Morgan fingerprint density at radius 2 is 1.33 bits per heavy atom. The van der Waals surface area contributed by atoms with Crippen LogP contribution in [0.3, 0.4) is 0 Å². The second-order valence-corrected chi connectivity index (χ2v) is 35.1. The number of rotatable bonds is 2. The first-order valence-electron chi connectivity index (χ1n) is 7.17. The Hall–Kier alpha value is 0.519. The second-order valence-electron chi connectivity index (χ2n) is 11.4. The molecule has 10 aliphatic heterocycles. The van der Waals surface area contributed by atoms with Gasteiger partial charge in [0, 0.05) is 0 Å². The molecule has 0 aromatic rings. The van der Waals surface area contributed by atoms with Gasteiger partial charge in [-0.2, -0.15) is 0 Å². The van der Waals surface area contributed by atoms with E-state index in [1.807, 2.05) is 0 Å². The number of hydrogen-bond acceptors (Lipinski definition) is 0. The maximum atomic E-state index is 2.52. The number of fused-ring (bicyclic) bond motifs is 10.